The lowest BCUT2D eigenvalue weighted by molar-refractivity contribution is -0.140. The van der Waals surface area contributed by atoms with Gasteiger partial charge in [-0.2, -0.15) is 13.2 Å². The number of alkyl halides is 3. The first kappa shape index (κ1) is 34.2. The summed E-state index contributed by atoms with van der Waals surface area (Å²) in [4.78, 5) is 28.9. The monoisotopic (exact) mass is 657 g/mol. The number of carbonyl (C=O) groups is 2. The second-order valence-corrected chi connectivity index (χ2v) is 13.2. The number of amides is 2. The van der Waals surface area contributed by atoms with Crippen molar-refractivity contribution in [2.45, 2.75) is 39.0 Å². The molecule has 0 bridgehead atoms. The van der Waals surface area contributed by atoms with Gasteiger partial charge < -0.3 is 10.2 Å². The second kappa shape index (κ2) is 14.5. The zero-order chi connectivity index (χ0) is 31.9. The van der Waals surface area contributed by atoms with Crippen LogP contribution in [0.15, 0.2) is 72.8 Å². The summed E-state index contributed by atoms with van der Waals surface area (Å²) in [5, 5.41) is 3.32. The van der Waals surface area contributed by atoms with Crippen molar-refractivity contribution in [2.24, 2.45) is 5.92 Å². The molecule has 0 aliphatic heterocycles. The number of halogens is 5. The van der Waals surface area contributed by atoms with Gasteiger partial charge in [-0.15, -0.1) is 0 Å². The third kappa shape index (κ3) is 9.87. The van der Waals surface area contributed by atoms with E-state index >= 15 is 0 Å². The lowest BCUT2D eigenvalue weighted by atomic mass is 10.0. The normalized spacial score (nSPS) is 12.6. The molecule has 0 heterocycles. The molecule has 13 heteroatoms. The largest absolute Gasteiger partial charge is 0.416 e. The molecule has 1 N–H and O–H groups in total. The van der Waals surface area contributed by atoms with Gasteiger partial charge in [0.15, 0.2) is 0 Å². The molecule has 2 amide bonds. The van der Waals surface area contributed by atoms with Crippen molar-refractivity contribution in [3.63, 3.8) is 0 Å². The first-order valence-electron chi connectivity index (χ1n) is 13.3. The maximum absolute atomic E-state index is 14.0. The summed E-state index contributed by atoms with van der Waals surface area (Å²) in [6.45, 7) is 3.11. The molecule has 0 fully saturated rings. The SMILES string of the molecule is CC(C)CNC(=O)[C@H](Cc1ccccc1)N(Cc1ccc(Cl)c(Cl)c1)C(=O)CN(c1cccc(C(F)(F)F)c1)S(C)(=O)=O. The highest BCUT2D eigenvalue weighted by atomic mass is 35.5. The van der Waals surface area contributed by atoms with Gasteiger partial charge in [-0.25, -0.2) is 8.42 Å². The third-order valence-corrected chi connectivity index (χ3v) is 8.31. The standard InChI is InChI=1S/C30H32Cl2F3N3O4S/c1-20(2)17-36-29(40)27(15-21-8-5-4-6-9-21)37(18-22-12-13-25(31)26(32)14-22)28(39)19-38(43(3,41)42)24-11-7-10-23(16-24)30(33,34)35/h4-14,16,20,27H,15,17-19H2,1-3H3,(H,36,40)/t27-/m0/s1. The van der Waals surface area contributed by atoms with Crippen molar-refractivity contribution in [1.29, 1.82) is 0 Å². The van der Waals surface area contributed by atoms with Gasteiger partial charge in [0, 0.05) is 19.5 Å². The van der Waals surface area contributed by atoms with Gasteiger partial charge in [0.05, 0.1) is 27.6 Å². The molecule has 3 aromatic carbocycles. The topological polar surface area (TPSA) is 86.8 Å². The molecule has 1 atom stereocenters. The lowest BCUT2D eigenvalue weighted by Gasteiger charge is -2.33. The number of benzene rings is 3. The Kier molecular flexibility index (Phi) is 11.5. The van der Waals surface area contributed by atoms with E-state index in [1.807, 2.05) is 13.8 Å². The summed E-state index contributed by atoms with van der Waals surface area (Å²) in [7, 11) is -4.24. The van der Waals surface area contributed by atoms with Crippen LogP contribution in [0.2, 0.25) is 10.0 Å². The number of nitrogens with one attached hydrogen (secondary N) is 1. The van der Waals surface area contributed by atoms with Gasteiger partial charge >= 0.3 is 6.18 Å². The van der Waals surface area contributed by atoms with Gasteiger partial charge in [-0.3, -0.25) is 13.9 Å². The van der Waals surface area contributed by atoms with E-state index in [4.69, 9.17) is 23.2 Å². The summed E-state index contributed by atoms with van der Waals surface area (Å²) in [5.41, 5.74) is -0.183. The molecule has 0 spiro atoms. The molecule has 3 aromatic rings. The maximum Gasteiger partial charge on any atom is 0.416 e. The van der Waals surface area contributed by atoms with E-state index in [-0.39, 0.29) is 34.6 Å². The minimum Gasteiger partial charge on any atom is -0.354 e. The third-order valence-electron chi connectivity index (χ3n) is 6.43. The van der Waals surface area contributed by atoms with Crippen LogP contribution in [0.4, 0.5) is 18.9 Å². The van der Waals surface area contributed by atoms with Crippen LogP contribution < -0.4 is 9.62 Å². The fourth-order valence-electron chi connectivity index (χ4n) is 4.26. The average molecular weight is 659 g/mol. The van der Waals surface area contributed by atoms with E-state index in [2.05, 4.69) is 5.32 Å². The fraction of sp³-hybridized carbons (Fsp3) is 0.333. The minimum absolute atomic E-state index is 0.0836. The smallest absolute Gasteiger partial charge is 0.354 e. The van der Waals surface area contributed by atoms with E-state index < -0.39 is 46.2 Å². The summed E-state index contributed by atoms with van der Waals surface area (Å²) < 4.78 is 66.6. The lowest BCUT2D eigenvalue weighted by Crippen LogP contribution is -2.53. The zero-order valence-corrected chi connectivity index (χ0v) is 26.1. The zero-order valence-electron chi connectivity index (χ0n) is 23.7. The maximum atomic E-state index is 14.0. The number of nitrogens with zero attached hydrogens (tertiary/aromatic N) is 2. The number of carbonyl (C=O) groups excluding carboxylic acids is 2. The molecule has 232 valence electrons. The van der Waals surface area contributed by atoms with Crippen molar-refractivity contribution in [2.75, 3.05) is 23.7 Å². The number of hydrogen-bond donors (Lipinski definition) is 1. The van der Waals surface area contributed by atoms with Crippen LogP contribution in [0.1, 0.15) is 30.5 Å². The van der Waals surface area contributed by atoms with Gasteiger partial charge in [-0.1, -0.05) is 79.5 Å². The quantitative estimate of drug-likeness (QED) is 0.252. The Morgan fingerprint density at radius 3 is 2.16 bits per heavy atom. The Labute approximate surface area is 259 Å². The summed E-state index contributed by atoms with van der Waals surface area (Å²) >= 11 is 12.3. The highest BCUT2D eigenvalue weighted by molar-refractivity contribution is 7.92. The molecule has 7 nitrogen and oxygen atoms in total. The van der Waals surface area contributed by atoms with Crippen LogP contribution in [-0.4, -0.2) is 50.5 Å². The Morgan fingerprint density at radius 2 is 1.58 bits per heavy atom. The Morgan fingerprint density at radius 1 is 0.907 bits per heavy atom. The van der Waals surface area contributed by atoms with Gasteiger partial charge in [0.2, 0.25) is 21.8 Å². The molecule has 0 radical (unpaired) electrons. The van der Waals surface area contributed by atoms with Gasteiger partial charge in [0.25, 0.3) is 0 Å². The Balaban J connectivity index is 2.09. The predicted octanol–water partition coefficient (Wildman–Crippen LogP) is 6.19. The van der Waals surface area contributed by atoms with Gasteiger partial charge in [0.1, 0.15) is 12.6 Å². The van der Waals surface area contributed by atoms with Crippen LogP contribution in [0.25, 0.3) is 0 Å². The number of anilines is 1. The molecular weight excluding hydrogens is 626 g/mol. The number of sulfonamides is 1. The minimum atomic E-state index is -4.74. The highest BCUT2D eigenvalue weighted by Crippen LogP contribution is 2.32. The van der Waals surface area contributed by atoms with Crippen molar-refractivity contribution >= 4 is 50.7 Å². The Bertz CT molecular complexity index is 1540. The molecule has 43 heavy (non-hydrogen) atoms. The number of rotatable bonds is 12. The summed E-state index contributed by atoms with van der Waals surface area (Å²) in [5.74, 6) is -1.19. The predicted molar refractivity (Wildman–Crippen MR) is 162 cm³/mol. The van der Waals surface area contributed by atoms with Crippen LogP contribution in [0.5, 0.6) is 0 Å². The molecule has 0 saturated heterocycles. The van der Waals surface area contributed by atoms with E-state index in [9.17, 15) is 31.2 Å². The molecule has 3 rings (SSSR count). The molecule has 0 aromatic heterocycles. The second-order valence-electron chi connectivity index (χ2n) is 10.4. The Hall–Kier alpha value is -3.28. The molecule has 0 aliphatic carbocycles. The van der Waals surface area contributed by atoms with Crippen molar-refractivity contribution in [3.05, 3.63) is 99.5 Å². The van der Waals surface area contributed by atoms with Crippen molar-refractivity contribution < 1.29 is 31.2 Å². The molecule has 0 saturated carbocycles. The fourth-order valence-corrected chi connectivity index (χ4v) is 5.42. The van der Waals surface area contributed by atoms with Crippen LogP contribution in [0.3, 0.4) is 0 Å². The van der Waals surface area contributed by atoms with Crippen molar-refractivity contribution in [1.82, 2.24) is 10.2 Å². The first-order chi connectivity index (χ1) is 20.1. The summed E-state index contributed by atoms with van der Waals surface area (Å²) in [6.07, 6.45) is -3.86. The van der Waals surface area contributed by atoms with E-state index in [1.54, 1.807) is 36.4 Å². The van der Waals surface area contributed by atoms with E-state index in [1.165, 1.54) is 23.1 Å². The number of hydrogen-bond acceptors (Lipinski definition) is 4. The van der Waals surface area contributed by atoms with E-state index in [0.717, 1.165) is 24.0 Å². The van der Waals surface area contributed by atoms with Crippen molar-refractivity contribution in [3.8, 4) is 0 Å². The first-order valence-corrected chi connectivity index (χ1v) is 15.9. The van der Waals surface area contributed by atoms with Crippen LogP contribution in [-0.2, 0) is 38.8 Å². The van der Waals surface area contributed by atoms with Crippen LogP contribution >= 0.6 is 23.2 Å². The molecule has 0 unspecified atom stereocenters. The van der Waals surface area contributed by atoms with E-state index in [0.29, 0.717) is 22.5 Å². The highest BCUT2D eigenvalue weighted by Gasteiger charge is 2.35. The molecular formula is C30H32Cl2F3N3O4S. The van der Waals surface area contributed by atoms with Crippen LogP contribution in [0, 0.1) is 5.92 Å². The molecule has 0 aliphatic rings. The average Bonchev–Trinajstić information content (AvgIpc) is 2.93. The van der Waals surface area contributed by atoms with Gasteiger partial charge in [-0.05, 0) is 47.4 Å². The summed E-state index contributed by atoms with van der Waals surface area (Å²) in [6, 6.07) is 16.2.